The van der Waals surface area contributed by atoms with Gasteiger partial charge in [0.1, 0.15) is 0 Å². The lowest BCUT2D eigenvalue weighted by Gasteiger charge is -2.34. The summed E-state index contributed by atoms with van der Waals surface area (Å²) >= 11 is 1.86. The molecule has 12 rings (SSSR count). The highest BCUT2D eigenvalue weighted by atomic mass is 32.1. The van der Waals surface area contributed by atoms with Crippen LogP contribution in [0.1, 0.15) is 22.3 Å². The van der Waals surface area contributed by atoms with Gasteiger partial charge in [-0.05, 0) is 129 Å². The second-order valence-corrected chi connectivity index (χ2v) is 17.6. The number of benzene rings is 10. The van der Waals surface area contributed by atoms with E-state index in [2.05, 4.69) is 265 Å². The normalized spacial score (nSPS) is 12.5. The largest absolute Gasteiger partial charge is 0.310 e. The zero-order valence-electron chi connectivity index (χ0n) is 35.1. The third-order valence-electron chi connectivity index (χ3n) is 12.9. The molecule has 0 amide bonds. The molecule has 0 unspecified atom stereocenters. The van der Waals surface area contributed by atoms with E-state index >= 15 is 0 Å². The van der Waals surface area contributed by atoms with E-state index < -0.39 is 5.41 Å². The third-order valence-corrected chi connectivity index (χ3v) is 14.0. The molecule has 0 aliphatic heterocycles. The van der Waals surface area contributed by atoms with Crippen molar-refractivity contribution in [3.05, 3.63) is 277 Å². The number of anilines is 6. The summed E-state index contributed by atoms with van der Waals surface area (Å²) in [6.45, 7) is 0. The molecule has 10 aromatic carbocycles. The predicted octanol–water partition coefficient (Wildman–Crippen LogP) is 17.0. The Balaban J connectivity index is 1.11. The second kappa shape index (κ2) is 15.7. The molecular formula is C61H42N2S. The van der Waals surface area contributed by atoms with Gasteiger partial charge in [0, 0.05) is 54.3 Å². The van der Waals surface area contributed by atoms with Crippen molar-refractivity contribution >= 4 is 65.6 Å². The van der Waals surface area contributed by atoms with Crippen molar-refractivity contribution < 1.29 is 0 Å². The first-order valence-corrected chi connectivity index (χ1v) is 22.7. The lowest BCUT2D eigenvalue weighted by atomic mass is 9.68. The van der Waals surface area contributed by atoms with Crippen molar-refractivity contribution in [1.82, 2.24) is 0 Å². The van der Waals surface area contributed by atoms with Crippen LogP contribution in [0.2, 0.25) is 0 Å². The molecule has 1 aliphatic rings. The molecule has 2 nitrogen and oxygen atoms in total. The number of thiophene rings is 1. The fraction of sp³-hybridized carbons (Fsp3) is 0.0164. The minimum atomic E-state index is -0.478. The van der Waals surface area contributed by atoms with Crippen LogP contribution in [0, 0.1) is 0 Å². The van der Waals surface area contributed by atoms with Crippen molar-refractivity contribution in [3.63, 3.8) is 0 Å². The fourth-order valence-corrected chi connectivity index (χ4v) is 11.2. The number of hydrogen-bond acceptors (Lipinski definition) is 3. The van der Waals surface area contributed by atoms with Gasteiger partial charge < -0.3 is 9.80 Å². The molecule has 64 heavy (non-hydrogen) atoms. The molecule has 0 saturated heterocycles. The third kappa shape index (κ3) is 6.24. The van der Waals surface area contributed by atoms with Crippen LogP contribution in [0.3, 0.4) is 0 Å². The molecule has 0 radical (unpaired) electrons. The summed E-state index contributed by atoms with van der Waals surface area (Å²) in [4.78, 5) is 4.81. The highest BCUT2D eigenvalue weighted by Gasteiger charge is 2.46. The fourth-order valence-electron chi connectivity index (χ4n) is 10.1. The molecule has 302 valence electrons. The first kappa shape index (κ1) is 37.8. The Morgan fingerprint density at radius 3 is 1.38 bits per heavy atom. The van der Waals surface area contributed by atoms with Gasteiger partial charge >= 0.3 is 0 Å². The van der Waals surface area contributed by atoms with E-state index in [1.807, 2.05) is 11.3 Å². The molecule has 3 heteroatoms. The summed E-state index contributed by atoms with van der Waals surface area (Å²) in [5.41, 5.74) is 15.9. The Hall–Kier alpha value is -7.98. The van der Waals surface area contributed by atoms with Gasteiger partial charge in [0.15, 0.2) is 0 Å². The molecule has 1 aliphatic carbocycles. The van der Waals surface area contributed by atoms with Gasteiger partial charge in [0.2, 0.25) is 0 Å². The number of fused-ring (bicyclic) bond motifs is 6. The smallest absolute Gasteiger partial charge is 0.0713 e. The standard InChI is InChI=1S/C61H42N2S/c1-6-20-45(21-7-1)61(46-22-8-2-9-23-46)57-32-18-16-30-53(57)55-42-50(35-36-58(55)61)63(49-28-14-5-15-29-49)52-39-44(43-34-37-60-56(40-43)54-31-17-19-33-59(54)64-60)38-51(41-52)62(47-24-10-3-11-25-47)48-26-12-4-13-27-48/h1-42H. The summed E-state index contributed by atoms with van der Waals surface area (Å²) in [6, 6.07) is 93.3. The SMILES string of the molecule is c1ccc(N(c2ccccc2)c2cc(-c3ccc4sc5ccccc5c4c3)cc(N(c3ccccc3)c3ccc4c(c3)-c3ccccc3C4(c3ccccc3)c3ccccc3)c2)cc1. The molecule has 11 aromatic rings. The van der Waals surface area contributed by atoms with E-state index in [0.29, 0.717) is 0 Å². The van der Waals surface area contributed by atoms with Crippen molar-refractivity contribution in [2.75, 3.05) is 9.80 Å². The average molecular weight is 835 g/mol. The molecule has 1 aromatic heterocycles. The maximum Gasteiger partial charge on any atom is 0.0713 e. The zero-order valence-corrected chi connectivity index (χ0v) is 35.9. The van der Waals surface area contributed by atoms with Gasteiger partial charge in [-0.1, -0.05) is 170 Å². The summed E-state index contributed by atoms with van der Waals surface area (Å²) in [5.74, 6) is 0. The molecule has 0 atom stereocenters. The van der Waals surface area contributed by atoms with Crippen molar-refractivity contribution in [1.29, 1.82) is 0 Å². The molecule has 1 heterocycles. The van der Waals surface area contributed by atoms with E-state index in [1.165, 1.54) is 59.1 Å². The minimum Gasteiger partial charge on any atom is -0.310 e. The highest BCUT2D eigenvalue weighted by molar-refractivity contribution is 7.25. The summed E-state index contributed by atoms with van der Waals surface area (Å²) in [7, 11) is 0. The molecule has 0 spiro atoms. The zero-order chi connectivity index (χ0) is 42.5. The van der Waals surface area contributed by atoms with E-state index in [-0.39, 0.29) is 0 Å². The number of hydrogen-bond donors (Lipinski definition) is 0. The van der Waals surface area contributed by atoms with Crippen LogP contribution in [-0.4, -0.2) is 0 Å². The van der Waals surface area contributed by atoms with Crippen LogP contribution in [-0.2, 0) is 5.41 Å². The quantitative estimate of drug-likeness (QED) is 0.143. The van der Waals surface area contributed by atoms with Gasteiger partial charge in [-0.15, -0.1) is 11.3 Å². The van der Waals surface area contributed by atoms with E-state index in [0.717, 1.165) is 39.7 Å². The predicted molar refractivity (Wildman–Crippen MR) is 271 cm³/mol. The van der Waals surface area contributed by atoms with Crippen LogP contribution in [0.5, 0.6) is 0 Å². The highest BCUT2D eigenvalue weighted by Crippen LogP contribution is 2.57. The van der Waals surface area contributed by atoms with E-state index in [9.17, 15) is 0 Å². The van der Waals surface area contributed by atoms with Crippen molar-refractivity contribution in [2.45, 2.75) is 5.41 Å². The molecular weight excluding hydrogens is 793 g/mol. The molecule has 0 saturated carbocycles. The maximum absolute atomic E-state index is 2.44. The van der Waals surface area contributed by atoms with Crippen LogP contribution in [0.25, 0.3) is 42.4 Å². The Morgan fingerprint density at radius 1 is 0.281 bits per heavy atom. The van der Waals surface area contributed by atoms with Gasteiger partial charge in [0.05, 0.1) is 5.41 Å². The van der Waals surface area contributed by atoms with Gasteiger partial charge in [-0.2, -0.15) is 0 Å². The topological polar surface area (TPSA) is 6.48 Å². The monoisotopic (exact) mass is 834 g/mol. The lowest BCUT2D eigenvalue weighted by molar-refractivity contribution is 0.768. The maximum atomic E-state index is 2.44. The minimum absolute atomic E-state index is 0.478. The summed E-state index contributed by atoms with van der Waals surface area (Å²) in [5, 5.41) is 2.58. The van der Waals surface area contributed by atoms with Gasteiger partial charge in [0.25, 0.3) is 0 Å². The summed E-state index contributed by atoms with van der Waals surface area (Å²) < 4.78 is 2.60. The Bertz CT molecular complexity index is 3360. The first-order valence-electron chi connectivity index (χ1n) is 21.9. The van der Waals surface area contributed by atoms with Crippen LogP contribution >= 0.6 is 11.3 Å². The molecule has 0 fully saturated rings. The van der Waals surface area contributed by atoms with Gasteiger partial charge in [-0.25, -0.2) is 0 Å². The van der Waals surface area contributed by atoms with Crippen LogP contribution in [0.15, 0.2) is 255 Å². The Labute approximate surface area is 378 Å². The Morgan fingerprint density at radius 2 is 0.766 bits per heavy atom. The van der Waals surface area contributed by atoms with Gasteiger partial charge in [-0.3, -0.25) is 0 Å². The second-order valence-electron chi connectivity index (χ2n) is 16.5. The first-order chi connectivity index (χ1) is 31.7. The lowest BCUT2D eigenvalue weighted by Crippen LogP contribution is -2.28. The van der Waals surface area contributed by atoms with E-state index in [4.69, 9.17) is 0 Å². The molecule has 0 bridgehead atoms. The van der Waals surface area contributed by atoms with Crippen molar-refractivity contribution in [2.24, 2.45) is 0 Å². The average Bonchev–Trinajstić information content (AvgIpc) is 3.89. The van der Waals surface area contributed by atoms with Crippen LogP contribution in [0.4, 0.5) is 34.1 Å². The number of nitrogens with zero attached hydrogens (tertiary/aromatic N) is 2. The Kier molecular flexibility index (Phi) is 9.28. The van der Waals surface area contributed by atoms with Crippen molar-refractivity contribution in [3.8, 4) is 22.3 Å². The molecule has 0 N–H and O–H groups in total. The number of para-hydroxylation sites is 3. The van der Waals surface area contributed by atoms with Crippen LogP contribution < -0.4 is 9.80 Å². The number of rotatable bonds is 9. The van der Waals surface area contributed by atoms with E-state index in [1.54, 1.807) is 0 Å². The summed E-state index contributed by atoms with van der Waals surface area (Å²) in [6.07, 6.45) is 0.